The van der Waals surface area contributed by atoms with Gasteiger partial charge in [0.25, 0.3) is 5.91 Å². The molecule has 0 saturated heterocycles. The molecule has 22 heavy (non-hydrogen) atoms. The van der Waals surface area contributed by atoms with Gasteiger partial charge in [0.1, 0.15) is 23.2 Å². The molecule has 2 aromatic rings. The van der Waals surface area contributed by atoms with Crippen LogP contribution < -0.4 is 10.6 Å². The predicted molar refractivity (Wildman–Crippen MR) is 84.5 cm³/mol. The van der Waals surface area contributed by atoms with E-state index in [1.165, 1.54) is 12.1 Å². The van der Waals surface area contributed by atoms with Crippen LogP contribution in [0, 0.1) is 12.7 Å². The highest BCUT2D eigenvalue weighted by atomic mass is 19.1. The molecule has 0 aliphatic heterocycles. The van der Waals surface area contributed by atoms with Crippen LogP contribution in [0.2, 0.25) is 0 Å². The summed E-state index contributed by atoms with van der Waals surface area (Å²) in [6, 6.07) is 7.80. The third kappa shape index (κ3) is 4.00. The lowest BCUT2D eigenvalue weighted by atomic mass is 10.2. The van der Waals surface area contributed by atoms with Gasteiger partial charge in [-0.1, -0.05) is 19.1 Å². The van der Waals surface area contributed by atoms with Gasteiger partial charge in [0.2, 0.25) is 0 Å². The van der Waals surface area contributed by atoms with Crippen molar-refractivity contribution >= 4 is 17.4 Å². The number of amides is 1. The normalized spacial score (nSPS) is 11.8. The fraction of sp³-hybridized carbons (Fsp3) is 0.312. The van der Waals surface area contributed by atoms with Gasteiger partial charge >= 0.3 is 0 Å². The first-order valence-corrected chi connectivity index (χ1v) is 7.17. The second-order valence-corrected chi connectivity index (χ2v) is 5.07. The first kappa shape index (κ1) is 15.9. The van der Waals surface area contributed by atoms with Crippen molar-refractivity contribution in [3.05, 3.63) is 47.7 Å². The summed E-state index contributed by atoms with van der Waals surface area (Å²) in [4.78, 5) is 20.6. The van der Waals surface area contributed by atoms with Gasteiger partial charge in [0, 0.05) is 12.1 Å². The molecule has 0 radical (unpaired) electrons. The zero-order chi connectivity index (χ0) is 16.1. The van der Waals surface area contributed by atoms with Crippen molar-refractivity contribution in [2.75, 3.05) is 10.6 Å². The molecule has 0 spiro atoms. The standard InChI is InChI=1S/C16H19FN4O/c1-4-10(2)18-15-9-14(19-11(3)20-15)16(22)21-13-8-6-5-7-12(13)17/h5-10H,4H2,1-3H3,(H,21,22)(H,18,19,20). The maximum absolute atomic E-state index is 13.6. The van der Waals surface area contributed by atoms with Gasteiger partial charge in [-0.2, -0.15) is 0 Å². The van der Waals surface area contributed by atoms with Gasteiger partial charge in [-0.3, -0.25) is 4.79 Å². The van der Waals surface area contributed by atoms with Gasteiger partial charge < -0.3 is 10.6 Å². The number of rotatable bonds is 5. The monoisotopic (exact) mass is 302 g/mol. The summed E-state index contributed by atoms with van der Waals surface area (Å²) >= 11 is 0. The van der Waals surface area contributed by atoms with Crippen molar-refractivity contribution in [1.82, 2.24) is 9.97 Å². The number of hydrogen-bond acceptors (Lipinski definition) is 4. The average Bonchev–Trinajstić information content (AvgIpc) is 2.48. The molecule has 5 nitrogen and oxygen atoms in total. The van der Waals surface area contributed by atoms with Gasteiger partial charge in [-0.15, -0.1) is 0 Å². The number of benzene rings is 1. The van der Waals surface area contributed by atoms with Gasteiger partial charge in [-0.25, -0.2) is 14.4 Å². The van der Waals surface area contributed by atoms with E-state index < -0.39 is 11.7 Å². The van der Waals surface area contributed by atoms with Crippen LogP contribution in [-0.4, -0.2) is 21.9 Å². The molecule has 1 heterocycles. The fourth-order valence-corrected chi connectivity index (χ4v) is 1.86. The Labute approximate surface area is 129 Å². The predicted octanol–water partition coefficient (Wildman–Crippen LogP) is 3.39. The zero-order valence-corrected chi connectivity index (χ0v) is 12.9. The Hall–Kier alpha value is -2.50. The minimum Gasteiger partial charge on any atom is -0.368 e. The van der Waals surface area contributed by atoms with E-state index in [1.807, 2.05) is 6.92 Å². The van der Waals surface area contributed by atoms with Gasteiger partial charge in [-0.05, 0) is 32.4 Å². The van der Waals surface area contributed by atoms with E-state index in [4.69, 9.17) is 0 Å². The molecule has 1 aromatic heterocycles. The van der Waals surface area contributed by atoms with E-state index in [9.17, 15) is 9.18 Å². The number of carbonyl (C=O) groups excluding carboxylic acids is 1. The molecule has 1 atom stereocenters. The van der Waals surface area contributed by atoms with Crippen LogP contribution in [0.5, 0.6) is 0 Å². The number of aromatic nitrogens is 2. The van der Waals surface area contributed by atoms with Crippen molar-refractivity contribution in [1.29, 1.82) is 0 Å². The van der Waals surface area contributed by atoms with Crippen LogP contribution in [0.25, 0.3) is 0 Å². The molecule has 1 unspecified atom stereocenters. The summed E-state index contributed by atoms with van der Waals surface area (Å²) in [6.07, 6.45) is 0.930. The third-order valence-corrected chi connectivity index (χ3v) is 3.20. The molecule has 6 heteroatoms. The maximum atomic E-state index is 13.6. The Morgan fingerprint density at radius 1 is 1.32 bits per heavy atom. The van der Waals surface area contributed by atoms with E-state index in [1.54, 1.807) is 25.1 Å². The minimum atomic E-state index is -0.486. The molecule has 1 amide bonds. The number of nitrogens with one attached hydrogen (secondary N) is 2. The van der Waals surface area contributed by atoms with Crippen molar-refractivity contribution < 1.29 is 9.18 Å². The lowest BCUT2D eigenvalue weighted by Gasteiger charge is -2.13. The van der Waals surface area contributed by atoms with E-state index in [0.717, 1.165) is 6.42 Å². The second kappa shape index (κ2) is 6.98. The first-order valence-electron chi connectivity index (χ1n) is 7.17. The second-order valence-electron chi connectivity index (χ2n) is 5.07. The Balaban J connectivity index is 2.21. The highest BCUT2D eigenvalue weighted by molar-refractivity contribution is 6.03. The van der Waals surface area contributed by atoms with Gasteiger partial charge in [0.15, 0.2) is 0 Å². The van der Waals surface area contributed by atoms with E-state index in [2.05, 4.69) is 27.5 Å². The molecule has 0 aliphatic carbocycles. The van der Waals surface area contributed by atoms with Crippen LogP contribution in [-0.2, 0) is 0 Å². The molecule has 0 saturated carbocycles. The molecule has 1 aromatic carbocycles. The highest BCUT2D eigenvalue weighted by Gasteiger charge is 2.13. The molecule has 0 bridgehead atoms. The zero-order valence-electron chi connectivity index (χ0n) is 12.9. The molecule has 0 fully saturated rings. The molecule has 2 N–H and O–H groups in total. The van der Waals surface area contributed by atoms with E-state index in [0.29, 0.717) is 11.6 Å². The SMILES string of the molecule is CCC(C)Nc1cc(C(=O)Nc2ccccc2F)nc(C)n1. The molecular weight excluding hydrogens is 283 g/mol. The number of aryl methyl sites for hydroxylation is 1. The van der Waals surface area contributed by atoms with Crippen molar-refractivity contribution in [3.8, 4) is 0 Å². The van der Waals surface area contributed by atoms with Crippen LogP contribution in [0.3, 0.4) is 0 Å². The fourth-order valence-electron chi connectivity index (χ4n) is 1.86. The Bertz CT molecular complexity index is 675. The molecule has 116 valence electrons. The number of nitrogens with zero attached hydrogens (tertiary/aromatic N) is 2. The summed E-state index contributed by atoms with van der Waals surface area (Å²) in [7, 11) is 0. The minimum absolute atomic E-state index is 0.125. The summed E-state index contributed by atoms with van der Waals surface area (Å²) in [5.74, 6) is 0.106. The lowest BCUT2D eigenvalue weighted by Crippen LogP contribution is -2.19. The first-order chi connectivity index (χ1) is 10.5. The number of anilines is 2. The van der Waals surface area contributed by atoms with Gasteiger partial charge in [0.05, 0.1) is 5.69 Å². The van der Waals surface area contributed by atoms with Crippen LogP contribution >= 0.6 is 0 Å². The van der Waals surface area contributed by atoms with E-state index >= 15 is 0 Å². The molecule has 2 rings (SSSR count). The molecule has 0 aliphatic rings. The number of hydrogen-bond donors (Lipinski definition) is 2. The summed E-state index contributed by atoms with van der Waals surface area (Å²) in [5.41, 5.74) is 0.321. The Kier molecular flexibility index (Phi) is 5.04. The van der Waals surface area contributed by atoms with Crippen LogP contribution in [0.1, 0.15) is 36.6 Å². The summed E-state index contributed by atoms with van der Waals surface area (Å²) in [5, 5.41) is 5.71. The molecular formula is C16H19FN4O. The van der Waals surface area contributed by atoms with Crippen molar-refractivity contribution in [3.63, 3.8) is 0 Å². The Morgan fingerprint density at radius 3 is 2.73 bits per heavy atom. The van der Waals surface area contributed by atoms with E-state index in [-0.39, 0.29) is 17.4 Å². The quantitative estimate of drug-likeness (QED) is 0.888. The lowest BCUT2D eigenvalue weighted by molar-refractivity contribution is 0.102. The van der Waals surface area contributed by atoms with Crippen molar-refractivity contribution in [2.45, 2.75) is 33.2 Å². The highest BCUT2D eigenvalue weighted by Crippen LogP contribution is 2.15. The number of halogens is 1. The maximum Gasteiger partial charge on any atom is 0.274 e. The largest absolute Gasteiger partial charge is 0.368 e. The average molecular weight is 302 g/mol. The number of para-hydroxylation sites is 1. The van der Waals surface area contributed by atoms with Crippen LogP contribution in [0.4, 0.5) is 15.9 Å². The smallest absolute Gasteiger partial charge is 0.274 e. The topological polar surface area (TPSA) is 66.9 Å². The summed E-state index contributed by atoms with van der Waals surface area (Å²) < 4.78 is 13.6. The summed E-state index contributed by atoms with van der Waals surface area (Å²) in [6.45, 7) is 5.79. The van der Waals surface area contributed by atoms with Crippen LogP contribution in [0.15, 0.2) is 30.3 Å². The Morgan fingerprint density at radius 2 is 2.05 bits per heavy atom. The third-order valence-electron chi connectivity index (χ3n) is 3.20. The van der Waals surface area contributed by atoms with Crippen molar-refractivity contribution in [2.24, 2.45) is 0 Å². The number of carbonyl (C=O) groups is 1.